The third-order valence-corrected chi connectivity index (χ3v) is 19.5. The Bertz CT molecular complexity index is 2770. The van der Waals surface area contributed by atoms with Crippen molar-refractivity contribution in [3.63, 3.8) is 0 Å². The highest BCUT2D eigenvalue weighted by Crippen LogP contribution is 2.65. The molecule has 3 heterocycles. The largest absolute Gasteiger partial charge is 0.309 e. The molecule has 2 unspecified atom stereocenters. The second kappa shape index (κ2) is 11.6. The lowest BCUT2D eigenvalue weighted by Crippen LogP contribution is -2.53. The fourth-order valence-corrected chi connectivity index (χ4v) is 17.3. The van der Waals surface area contributed by atoms with E-state index < -0.39 is 21.4 Å². The molecule has 0 bridgehead atoms. The highest BCUT2D eigenvalue weighted by atomic mass is 31.2. The summed E-state index contributed by atoms with van der Waals surface area (Å²) in [6.07, 6.45) is 0. The van der Waals surface area contributed by atoms with Gasteiger partial charge in [-0.25, -0.2) is 14.5 Å². The average molecular weight is 762 g/mol. The molecule has 55 heavy (non-hydrogen) atoms. The predicted octanol–water partition coefficient (Wildman–Crippen LogP) is 6.28. The Balaban J connectivity index is 1.55. The van der Waals surface area contributed by atoms with Crippen LogP contribution in [0.1, 0.15) is 16.7 Å². The number of hydrogen-bond acceptors (Lipinski definition) is 7. The van der Waals surface area contributed by atoms with Gasteiger partial charge < -0.3 is 18.6 Å². The van der Waals surface area contributed by atoms with Crippen molar-refractivity contribution in [2.24, 2.45) is 0 Å². The van der Waals surface area contributed by atoms with Crippen LogP contribution in [0.25, 0.3) is 14.5 Å². The average Bonchev–Trinajstić information content (AvgIpc) is 3.24. The molecule has 9 rings (SSSR count). The van der Waals surface area contributed by atoms with E-state index in [1.54, 1.807) is 41.3 Å². The first-order chi connectivity index (χ1) is 26.6. The maximum atomic E-state index is 16.5. The number of hydrogen-bond donors (Lipinski definition) is 0. The van der Waals surface area contributed by atoms with Gasteiger partial charge in [0.25, 0.3) is 0 Å². The van der Waals surface area contributed by atoms with Crippen molar-refractivity contribution >= 4 is 103 Å². The molecular formula is C42H18N7O3P3. The molecule has 0 N–H and O–H groups in total. The number of benzene rings is 6. The first-order valence-electron chi connectivity index (χ1n) is 16.4. The summed E-state index contributed by atoms with van der Waals surface area (Å²) in [6, 6.07) is 34.0. The van der Waals surface area contributed by atoms with Gasteiger partial charge in [0.05, 0.1) is 71.7 Å². The molecule has 6 aromatic carbocycles. The topological polar surface area (TPSA) is 139 Å². The number of rotatable bonds is 3. The van der Waals surface area contributed by atoms with E-state index in [1.807, 2.05) is 0 Å². The Labute approximate surface area is 315 Å². The molecule has 0 saturated heterocycles. The van der Waals surface area contributed by atoms with Crippen molar-refractivity contribution in [3.8, 4) is 18.2 Å². The van der Waals surface area contributed by atoms with Gasteiger partial charge in [-0.3, -0.25) is 0 Å². The van der Waals surface area contributed by atoms with E-state index in [0.29, 0.717) is 16.9 Å². The van der Waals surface area contributed by atoms with Crippen molar-refractivity contribution in [1.29, 1.82) is 15.8 Å². The van der Waals surface area contributed by atoms with Crippen molar-refractivity contribution in [2.45, 2.75) is 0 Å². The summed E-state index contributed by atoms with van der Waals surface area (Å²) in [5.41, 5.74) is 1.87. The second-order valence-corrected chi connectivity index (χ2v) is 21.1. The number of anilines is 3. The minimum Gasteiger partial charge on any atom is -0.309 e. The minimum atomic E-state index is -4.17. The van der Waals surface area contributed by atoms with E-state index in [4.69, 9.17) is 19.7 Å². The Morgan fingerprint density at radius 1 is 0.418 bits per heavy atom. The Morgan fingerprint density at radius 3 is 1.00 bits per heavy atom. The SMILES string of the molecule is [C-]#[N+]c1ccc(P2(=O)c3cc(C#N)cc4c3N3c5c(cc(C#N)cc5P(=O)(c5ccc([N+]#[C-])cc5)c5cc([N+]#[C-])cc2c53)P4(=O)c2ccc(C#N)cc2)cc1. The van der Waals surface area contributed by atoms with Crippen molar-refractivity contribution < 1.29 is 13.7 Å². The standard InChI is InChI=1S/C42H18N7O3P3/c1-46-28-6-12-32(13-7-28)54(51)36-18-26(23-44)16-34-40(36)49-41-35(53(34,50)31-10-4-25(22-43)5-11-31)17-27(24-45)19-37(41)55(52,33-14-8-29(47-2)9-15-33)39-21-30(48-3)20-38(54)42(39)49/h4-21H. The lowest BCUT2D eigenvalue weighted by molar-refractivity contribution is 0.592. The van der Waals surface area contributed by atoms with Crippen LogP contribution < -0.4 is 52.6 Å². The van der Waals surface area contributed by atoms with Crippen LogP contribution in [-0.4, -0.2) is 0 Å². The summed E-state index contributed by atoms with van der Waals surface area (Å²) in [5.74, 6) is 0. The highest BCUT2D eigenvalue weighted by Gasteiger charge is 2.56. The van der Waals surface area contributed by atoms with Gasteiger partial charge >= 0.3 is 0 Å². The van der Waals surface area contributed by atoms with Crippen LogP contribution in [0.4, 0.5) is 34.1 Å². The van der Waals surface area contributed by atoms with Gasteiger partial charge in [-0.2, -0.15) is 15.8 Å². The van der Waals surface area contributed by atoms with Crippen LogP contribution in [0.3, 0.4) is 0 Å². The van der Waals surface area contributed by atoms with Crippen LogP contribution in [-0.2, 0) is 13.7 Å². The number of nitrogens with zero attached hydrogens (tertiary/aromatic N) is 7. The maximum absolute atomic E-state index is 16.5. The molecule has 2 atom stereocenters. The van der Waals surface area contributed by atoms with E-state index in [1.165, 1.54) is 72.8 Å². The first kappa shape index (κ1) is 33.6. The third-order valence-electron chi connectivity index (χ3n) is 10.3. The van der Waals surface area contributed by atoms with E-state index in [0.717, 1.165) is 0 Å². The van der Waals surface area contributed by atoms with E-state index in [9.17, 15) is 15.8 Å². The zero-order valence-corrected chi connectivity index (χ0v) is 30.8. The van der Waals surface area contributed by atoms with Crippen LogP contribution in [0.15, 0.2) is 109 Å². The van der Waals surface area contributed by atoms with Crippen molar-refractivity contribution in [2.75, 3.05) is 4.90 Å². The molecule has 3 aliphatic heterocycles. The van der Waals surface area contributed by atoms with E-state index in [-0.39, 0.29) is 81.6 Å². The Kier molecular flexibility index (Phi) is 7.10. The predicted molar refractivity (Wildman–Crippen MR) is 213 cm³/mol. The lowest BCUT2D eigenvalue weighted by Gasteiger charge is -2.49. The normalized spacial score (nSPS) is 20.3. The molecular weight excluding hydrogens is 743 g/mol. The van der Waals surface area contributed by atoms with Gasteiger partial charge in [0.15, 0.2) is 38.5 Å². The quantitative estimate of drug-likeness (QED) is 0.153. The fraction of sp³-hybridized carbons (Fsp3) is 0. The monoisotopic (exact) mass is 761 g/mol. The van der Waals surface area contributed by atoms with E-state index in [2.05, 4.69) is 32.7 Å². The molecule has 0 fully saturated rings. The zero-order valence-electron chi connectivity index (χ0n) is 28.1. The maximum Gasteiger partial charge on any atom is 0.188 e. The second-order valence-electron chi connectivity index (χ2n) is 13.0. The smallest absolute Gasteiger partial charge is 0.188 e. The Morgan fingerprint density at radius 2 is 0.709 bits per heavy atom. The number of nitriles is 3. The molecule has 13 heteroatoms. The fourth-order valence-electron chi connectivity index (χ4n) is 7.90. The summed E-state index contributed by atoms with van der Waals surface area (Å²) >= 11 is 0. The van der Waals surface area contributed by atoms with Gasteiger partial charge in [0, 0.05) is 47.7 Å². The molecule has 6 aromatic rings. The summed E-state index contributed by atoms with van der Waals surface area (Å²) in [5, 5.41) is 32.4. The highest BCUT2D eigenvalue weighted by molar-refractivity contribution is 7.89. The van der Waals surface area contributed by atoms with Gasteiger partial charge in [0.2, 0.25) is 0 Å². The molecule has 0 aromatic heterocycles. The third kappa shape index (κ3) is 4.23. The first-order valence-corrected chi connectivity index (χ1v) is 21.5. The van der Waals surface area contributed by atoms with Gasteiger partial charge in [-0.15, -0.1) is 0 Å². The molecule has 0 aliphatic carbocycles. The molecule has 254 valence electrons. The molecule has 0 saturated carbocycles. The molecule has 10 nitrogen and oxygen atoms in total. The summed E-state index contributed by atoms with van der Waals surface area (Å²) < 4.78 is 49.5. The van der Waals surface area contributed by atoms with Gasteiger partial charge in [-0.1, -0.05) is 48.5 Å². The zero-order chi connectivity index (χ0) is 38.4. The van der Waals surface area contributed by atoms with Crippen LogP contribution >= 0.6 is 21.4 Å². The van der Waals surface area contributed by atoms with Crippen LogP contribution in [0.2, 0.25) is 0 Å². The van der Waals surface area contributed by atoms with Crippen molar-refractivity contribution in [3.05, 3.63) is 160 Å². The summed E-state index contributed by atoms with van der Waals surface area (Å²) in [7, 11) is -12.5. The summed E-state index contributed by atoms with van der Waals surface area (Å²) in [6.45, 7) is 23.2. The molecule has 3 aliphatic rings. The molecule has 0 amide bonds. The lowest BCUT2D eigenvalue weighted by atomic mass is 10.1. The minimum absolute atomic E-state index is 0.0465. The molecule has 0 spiro atoms. The van der Waals surface area contributed by atoms with E-state index >= 15 is 13.7 Å². The van der Waals surface area contributed by atoms with Crippen LogP contribution in [0, 0.1) is 53.7 Å². The van der Waals surface area contributed by atoms with Gasteiger partial charge in [0.1, 0.15) is 0 Å². The molecule has 0 radical (unpaired) electrons. The summed E-state index contributed by atoms with van der Waals surface area (Å²) in [4.78, 5) is 12.5. The Hall–Kier alpha value is -7.25. The van der Waals surface area contributed by atoms with Gasteiger partial charge in [-0.05, 0) is 60.7 Å². The van der Waals surface area contributed by atoms with Crippen molar-refractivity contribution in [1.82, 2.24) is 0 Å². The van der Waals surface area contributed by atoms with Crippen LogP contribution in [0.5, 0.6) is 0 Å².